The average Bonchev–Trinajstić information content (AvgIpc) is 2.95. The molecule has 1 aliphatic heterocycles. The van der Waals surface area contributed by atoms with Crippen molar-refractivity contribution in [3.63, 3.8) is 0 Å². The summed E-state index contributed by atoms with van der Waals surface area (Å²) in [6.45, 7) is 4.02. The lowest BCUT2D eigenvalue weighted by Gasteiger charge is -2.23. The number of ether oxygens (including phenoxy) is 3. The molecule has 0 bridgehead atoms. The molecule has 22 heavy (non-hydrogen) atoms. The fraction of sp³-hybridized carbons (Fsp3) is 0.562. The van der Waals surface area contributed by atoms with E-state index in [9.17, 15) is 4.79 Å². The molecule has 2 rings (SSSR count). The largest absolute Gasteiger partial charge is 0.496 e. The molecule has 1 heterocycles. The van der Waals surface area contributed by atoms with Gasteiger partial charge in [0.2, 0.25) is 0 Å². The molecule has 122 valence electrons. The molecule has 6 heteroatoms. The summed E-state index contributed by atoms with van der Waals surface area (Å²) in [5.41, 5.74) is 6.27. The van der Waals surface area contributed by atoms with Gasteiger partial charge < -0.3 is 24.8 Å². The van der Waals surface area contributed by atoms with Crippen molar-refractivity contribution in [2.24, 2.45) is 11.1 Å². The highest BCUT2D eigenvalue weighted by atomic mass is 16.5. The van der Waals surface area contributed by atoms with Crippen molar-refractivity contribution in [1.29, 1.82) is 0 Å². The zero-order valence-electron chi connectivity index (χ0n) is 13.6. The van der Waals surface area contributed by atoms with Gasteiger partial charge in [-0.2, -0.15) is 0 Å². The lowest BCUT2D eigenvalue weighted by atomic mass is 9.90. The van der Waals surface area contributed by atoms with Crippen LogP contribution >= 0.6 is 0 Å². The van der Waals surface area contributed by atoms with Gasteiger partial charge in [-0.3, -0.25) is 4.79 Å². The number of hydrogen-bond acceptors (Lipinski definition) is 5. The number of carbonyl (C=O) groups is 1. The van der Waals surface area contributed by atoms with Crippen LogP contribution in [0, 0.1) is 5.41 Å². The summed E-state index contributed by atoms with van der Waals surface area (Å²) in [5, 5.41) is 0. The topological polar surface area (TPSA) is 74.0 Å². The third kappa shape index (κ3) is 2.97. The highest BCUT2D eigenvalue weighted by Gasteiger charge is 2.36. The summed E-state index contributed by atoms with van der Waals surface area (Å²) in [5.74, 6) is 1.44. The normalized spacial score (nSPS) is 20.9. The van der Waals surface area contributed by atoms with Crippen LogP contribution in [0.5, 0.6) is 17.2 Å². The number of rotatable bonds is 5. The van der Waals surface area contributed by atoms with Crippen LogP contribution in [0.25, 0.3) is 0 Å². The van der Waals surface area contributed by atoms with E-state index >= 15 is 0 Å². The highest BCUT2D eigenvalue weighted by molar-refractivity contribution is 5.98. The van der Waals surface area contributed by atoms with Crippen LogP contribution in [-0.2, 0) is 0 Å². The highest BCUT2D eigenvalue weighted by Crippen LogP contribution is 2.37. The Morgan fingerprint density at radius 1 is 1.18 bits per heavy atom. The van der Waals surface area contributed by atoms with Gasteiger partial charge in [0.15, 0.2) is 11.5 Å². The fourth-order valence-corrected chi connectivity index (χ4v) is 2.73. The molecular formula is C16H24N2O4. The van der Waals surface area contributed by atoms with E-state index in [1.807, 2.05) is 4.90 Å². The van der Waals surface area contributed by atoms with Gasteiger partial charge in [0.25, 0.3) is 5.91 Å². The number of likely N-dealkylation sites (tertiary alicyclic amines) is 1. The van der Waals surface area contributed by atoms with E-state index in [1.165, 1.54) is 7.11 Å². The Morgan fingerprint density at radius 2 is 1.77 bits per heavy atom. The minimum atomic E-state index is -0.0741. The molecule has 2 N–H and O–H groups in total. The molecule has 1 aliphatic rings. The smallest absolute Gasteiger partial charge is 0.257 e. The maximum absolute atomic E-state index is 12.8. The van der Waals surface area contributed by atoms with Crippen LogP contribution in [0.2, 0.25) is 0 Å². The Morgan fingerprint density at radius 3 is 2.27 bits per heavy atom. The number of carbonyl (C=O) groups excluding carboxylic acids is 1. The zero-order chi connectivity index (χ0) is 16.3. The molecule has 1 amide bonds. The first-order valence-electron chi connectivity index (χ1n) is 7.27. The van der Waals surface area contributed by atoms with Crippen LogP contribution in [0.15, 0.2) is 12.1 Å². The minimum absolute atomic E-state index is 0.0144. The van der Waals surface area contributed by atoms with Gasteiger partial charge in [-0.1, -0.05) is 6.92 Å². The van der Waals surface area contributed by atoms with E-state index in [1.54, 1.807) is 26.4 Å². The lowest BCUT2D eigenvalue weighted by molar-refractivity contribution is 0.0773. The molecule has 0 aromatic heterocycles. The molecule has 1 unspecified atom stereocenters. The maximum atomic E-state index is 12.8. The second-order valence-corrected chi connectivity index (χ2v) is 5.90. The van der Waals surface area contributed by atoms with Crippen LogP contribution in [-0.4, -0.2) is 51.8 Å². The molecule has 1 aromatic carbocycles. The van der Waals surface area contributed by atoms with Crippen LogP contribution in [0.1, 0.15) is 23.7 Å². The number of methoxy groups -OCH3 is 3. The second kappa shape index (κ2) is 6.44. The summed E-state index contributed by atoms with van der Waals surface area (Å²) < 4.78 is 15.9. The van der Waals surface area contributed by atoms with E-state index in [4.69, 9.17) is 19.9 Å². The van der Waals surface area contributed by atoms with Crippen LogP contribution in [0.3, 0.4) is 0 Å². The molecule has 1 fully saturated rings. The molecular weight excluding hydrogens is 284 g/mol. The molecule has 6 nitrogen and oxygen atoms in total. The molecule has 1 atom stereocenters. The molecule has 0 aliphatic carbocycles. The van der Waals surface area contributed by atoms with Gasteiger partial charge >= 0.3 is 0 Å². The van der Waals surface area contributed by atoms with E-state index in [0.29, 0.717) is 42.4 Å². The lowest BCUT2D eigenvalue weighted by Crippen LogP contribution is -2.34. The first-order valence-corrected chi connectivity index (χ1v) is 7.27. The summed E-state index contributed by atoms with van der Waals surface area (Å²) in [6, 6.07) is 3.34. The average molecular weight is 308 g/mol. The summed E-state index contributed by atoms with van der Waals surface area (Å²) in [6.07, 6.45) is 0.908. The van der Waals surface area contributed by atoms with Crippen molar-refractivity contribution in [1.82, 2.24) is 4.90 Å². The number of benzene rings is 1. The Kier molecular flexibility index (Phi) is 4.81. The predicted octanol–water partition coefficient (Wildman–Crippen LogP) is 1.52. The van der Waals surface area contributed by atoms with Gasteiger partial charge in [0, 0.05) is 25.2 Å². The number of nitrogens with two attached hydrogens (primary N) is 1. The molecule has 0 saturated carbocycles. The Labute approximate surface area is 131 Å². The van der Waals surface area contributed by atoms with E-state index in [2.05, 4.69) is 6.92 Å². The Hall–Kier alpha value is -1.95. The van der Waals surface area contributed by atoms with Crippen molar-refractivity contribution in [3.8, 4) is 17.2 Å². The van der Waals surface area contributed by atoms with E-state index in [0.717, 1.165) is 6.42 Å². The quantitative estimate of drug-likeness (QED) is 0.893. The molecule has 1 aromatic rings. The molecule has 1 saturated heterocycles. The molecule has 0 radical (unpaired) electrons. The zero-order valence-corrected chi connectivity index (χ0v) is 13.6. The predicted molar refractivity (Wildman–Crippen MR) is 83.8 cm³/mol. The van der Waals surface area contributed by atoms with Gasteiger partial charge in [0.05, 0.1) is 26.9 Å². The van der Waals surface area contributed by atoms with Gasteiger partial charge in [0.1, 0.15) is 5.75 Å². The maximum Gasteiger partial charge on any atom is 0.257 e. The van der Waals surface area contributed by atoms with Crippen LogP contribution < -0.4 is 19.9 Å². The Bertz CT molecular complexity index is 561. The van der Waals surface area contributed by atoms with Crippen molar-refractivity contribution in [3.05, 3.63) is 17.7 Å². The van der Waals surface area contributed by atoms with E-state index < -0.39 is 0 Å². The summed E-state index contributed by atoms with van der Waals surface area (Å²) in [7, 11) is 4.62. The standard InChI is InChI=1S/C16H24N2O4/c1-16(9-17)5-6-18(10-16)15(19)11-7-13(21-3)14(22-4)8-12(11)20-2/h7-8H,5-6,9-10,17H2,1-4H3. The van der Waals surface area contributed by atoms with Crippen molar-refractivity contribution in [2.45, 2.75) is 13.3 Å². The SMILES string of the molecule is COc1cc(OC)c(C(=O)N2CCC(C)(CN)C2)cc1OC. The minimum Gasteiger partial charge on any atom is -0.496 e. The second-order valence-electron chi connectivity index (χ2n) is 5.90. The van der Waals surface area contributed by atoms with Gasteiger partial charge in [-0.25, -0.2) is 0 Å². The Balaban J connectivity index is 2.33. The van der Waals surface area contributed by atoms with Crippen LogP contribution in [0.4, 0.5) is 0 Å². The fourth-order valence-electron chi connectivity index (χ4n) is 2.73. The monoisotopic (exact) mass is 308 g/mol. The number of hydrogen-bond donors (Lipinski definition) is 1. The van der Waals surface area contributed by atoms with E-state index in [-0.39, 0.29) is 11.3 Å². The van der Waals surface area contributed by atoms with Crippen molar-refractivity contribution < 1.29 is 19.0 Å². The first kappa shape index (κ1) is 16.4. The van der Waals surface area contributed by atoms with Crippen molar-refractivity contribution in [2.75, 3.05) is 41.0 Å². The third-order valence-electron chi connectivity index (χ3n) is 4.27. The van der Waals surface area contributed by atoms with Crippen molar-refractivity contribution >= 4 is 5.91 Å². The summed E-state index contributed by atoms with van der Waals surface area (Å²) in [4.78, 5) is 14.6. The third-order valence-corrected chi connectivity index (χ3v) is 4.27. The molecule has 0 spiro atoms. The van der Waals surface area contributed by atoms with Gasteiger partial charge in [-0.05, 0) is 18.4 Å². The van der Waals surface area contributed by atoms with Gasteiger partial charge in [-0.15, -0.1) is 0 Å². The number of amides is 1. The number of nitrogens with zero attached hydrogens (tertiary/aromatic N) is 1. The summed E-state index contributed by atoms with van der Waals surface area (Å²) >= 11 is 0. The first-order chi connectivity index (χ1) is 10.5.